The van der Waals surface area contributed by atoms with E-state index in [4.69, 9.17) is 4.74 Å². The second kappa shape index (κ2) is 7.38. The molecule has 0 spiro atoms. The first kappa shape index (κ1) is 17.0. The molecule has 132 valence electrons. The van der Waals surface area contributed by atoms with Gasteiger partial charge in [-0.05, 0) is 36.2 Å². The van der Waals surface area contributed by atoms with E-state index < -0.39 is 0 Å². The molecule has 7 heteroatoms. The van der Waals surface area contributed by atoms with Crippen LogP contribution in [-0.4, -0.2) is 59.6 Å². The highest BCUT2D eigenvalue weighted by Gasteiger charge is 2.26. The van der Waals surface area contributed by atoms with E-state index in [0.717, 1.165) is 11.1 Å². The lowest BCUT2D eigenvalue weighted by Crippen LogP contribution is -2.50. The van der Waals surface area contributed by atoms with Crippen molar-refractivity contribution in [2.45, 2.75) is 6.92 Å². The maximum atomic E-state index is 13.0. The van der Waals surface area contributed by atoms with Gasteiger partial charge in [-0.2, -0.15) is 0 Å². The van der Waals surface area contributed by atoms with Crippen LogP contribution in [-0.2, 0) is 4.74 Å². The van der Waals surface area contributed by atoms with Crippen molar-refractivity contribution in [3.63, 3.8) is 0 Å². The number of aromatic nitrogens is 1. The van der Waals surface area contributed by atoms with Gasteiger partial charge in [0.1, 0.15) is 11.5 Å². The monoisotopic (exact) mass is 345 g/mol. The zero-order valence-corrected chi connectivity index (χ0v) is 14.0. The van der Waals surface area contributed by atoms with Crippen molar-refractivity contribution in [3.05, 3.63) is 48.0 Å². The highest BCUT2D eigenvalue weighted by atomic mass is 19.1. The summed E-state index contributed by atoms with van der Waals surface area (Å²) in [6.07, 6.45) is 1.39. The summed E-state index contributed by atoms with van der Waals surface area (Å²) in [4.78, 5) is 30.6. The standard InChI is InChI=1S/C18H20FN3O3/c1-2-25-18(24)22-9-7-21(8-10-22)17(23)16-11-14(12-20-16)13-3-5-15(19)6-4-13/h3-6,11-12,20H,2,7-10H2,1H3. The molecule has 0 radical (unpaired) electrons. The Balaban J connectivity index is 1.63. The van der Waals surface area contributed by atoms with E-state index in [1.807, 2.05) is 0 Å². The van der Waals surface area contributed by atoms with E-state index in [2.05, 4.69) is 4.98 Å². The minimum Gasteiger partial charge on any atom is -0.450 e. The Morgan fingerprint density at radius 2 is 1.72 bits per heavy atom. The molecule has 0 atom stereocenters. The fourth-order valence-corrected chi connectivity index (χ4v) is 2.80. The van der Waals surface area contributed by atoms with Crippen LogP contribution in [0.2, 0.25) is 0 Å². The lowest BCUT2D eigenvalue weighted by molar-refractivity contribution is 0.0566. The van der Waals surface area contributed by atoms with E-state index >= 15 is 0 Å². The number of halogens is 1. The number of carbonyl (C=O) groups is 2. The van der Waals surface area contributed by atoms with Gasteiger partial charge < -0.3 is 19.5 Å². The number of hydrogen-bond donors (Lipinski definition) is 1. The van der Waals surface area contributed by atoms with Crippen molar-refractivity contribution in [3.8, 4) is 11.1 Å². The Morgan fingerprint density at radius 1 is 1.08 bits per heavy atom. The number of rotatable bonds is 3. The number of nitrogens with one attached hydrogen (secondary N) is 1. The molecule has 1 aliphatic rings. The third kappa shape index (κ3) is 3.81. The van der Waals surface area contributed by atoms with E-state index in [1.165, 1.54) is 12.1 Å². The molecule has 2 aromatic rings. The van der Waals surface area contributed by atoms with Crippen LogP contribution in [0.25, 0.3) is 11.1 Å². The molecule has 1 aromatic carbocycles. The van der Waals surface area contributed by atoms with Gasteiger partial charge >= 0.3 is 6.09 Å². The van der Waals surface area contributed by atoms with Crippen LogP contribution in [0.3, 0.4) is 0 Å². The molecular weight excluding hydrogens is 325 g/mol. The average Bonchev–Trinajstić information content (AvgIpc) is 3.12. The van der Waals surface area contributed by atoms with Gasteiger partial charge in [0, 0.05) is 32.4 Å². The lowest BCUT2D eigenvalue weighted by atomic mass is 10.1. The molecule has 25 heavy (non-hydrogen) atoms. The van der Waals surface area contributed by atoms with Gasteiger partial charge in [0.05, 0.1) is 6.61 Å². The smallest absolute Gasteiger partial charge is 0.409 e. The van der Waals surface area contributed by atoms with Gasteiger partial charge in [0.15, 0.2) is 0 Å². The summed E-state index contributed by atoms with van der Waals surface area (Å²) < 4.78 is 18.0. The van der Waals surface area contributed by atoms with Gasteiger partial charge in [0.25, 0.3) is 5.91 Å². The highest BCUT2D eigenvalue weighted by Crippen LogP contribution is 2.21. The molecule has 0 unspecified atom stereocenters. The highest BCUT2D eigenvalue weighted by molar-refractivity contribution is 5.94. The average molecular weight is 345 g/mol. The summed E-state index contributed by atoms with van der Waals surface area (Å²) in [6, 6.07) is 7.87. The predicted molar refractivity (Wildman–Crippen MR) is 90.7 cm³/mol. The van der Waals surface area contributed by atoms with Crippen molar-refractivity contribution < 1.29 is 18.7 Å². The second-order valence-electron chi connectivity index (χ2n) is 5.79. The molecule has 1 fully saturated rings. The van der Waals surface area contributed by atoms with Crippen LogP contribution in [0.5, 0.6) is 0 Å². The number of hydrogen-bond acceptors (Lipinski definition) is 3. The Bertz CT molecular complexity index is 749. The predicted octanol–water partition coefficient (Wildman–Crippen LogP) is 2.74. The van der Waals surface area contributed by atoms with E-state index in [-0.39, 0.29) is 17.8 Å². The van der Waals surface area contributed by atoms with E-state index in [0.29, 0.717) is 38.5 Å². The molecule has 2 heterocycles. The molecule has 6 nitrogen and oxygen atoms in total. The van der Waals surface area contributed by atoms with Gasteiger partial charge in [-0.3, -0.25) is 4.79 Å². The number of benzene rings is 1. The zero-order chi connectivity index (χ0) is 17.8. The number of carbonyl (C=O) groups excluding carboxylic acids is 2. The number of piperazine rings is 1. The summed E-state index contributed by atoms with van der Waals surface area (Å²) in [7, 11) is 0. The van der Waals surface area contributed by atoms with Crippen LogP contribution in [0.1, 0.15) is 17.4 Å². The van der Waals surface area contributed by atoms with Crippen LogP contribution in [0.4, 0.5) is 9.18 Å². The van der Waals surface area contributed by atoms with Crippen LogP contribution in [0.15, 0.2) is 36.5 Å². The summed E-state index contributed by atoms with van der Waals surface area (Å²) >= 11 is 0. The van der Waals surface area contributed by atoms with Crippen molar-refractivity contribution in [1.29, 1.82) is 0 Å². The Kier molecular flexibility index (Phi) is 5.02. The quantitative estimate of drug-likeness (QED) is 0.930. The molecule has 0 aliphatic carbocycles. The van der Waals surface area contributed by atoms with Crippen LogP contribution < -0.4 is 0 Å². The molecule has 1 aliphatic heterocycles. The summed E-state index contributed by atoms with van der Waals surface area (Å²) in [5.41, 5.74) is 2.14. The molecule has 1 saturated heterocycles. The summed E-state index contributed by atoms with van der Waals surface area (Å²) in [6.45, 7) is 3.94. The topological polar surface area (TPSA) is 65.6 Å². The number of aromatic amines is 1. The first-order chi connectivity index (χ1) is 12.1. The zero-order valence-electron chi connectivity index (χ0n) is 14.0. The first-order valence-corrected chi connectivity index (χ1v) is 8.24. The SMILES string of the molecule is CCOC(=O)N1CCN(C(=O)c2cc(-c3ccc(F)cc3)c[nH]2)CC1. The largest absolute Gasteiger partial charge is 0.450 e. The molecule has 1 aromatic heterocycles. The Morgan fingerprint density at radius 3 is 2.36 bits per heavy atom. The van der Waals surface area contributed by atoms with Crippen molar-refractivity contribution in [2.75, 3.05) is 32.8 Å². The minimum absolute atomic E-state index is 0.114. The van der Waals surface area contributed by atoms with Gasteiger partial charge in [-0.1, -0.05) is 12.1 Å². The number of H-pyrrole nitrogens is 1. The maximum absolute atomic E-state index is 13.0. The number of ether oxygens (including phenoxy) is 1. The summed E-state index contributed by atoms with van der Waals surface area (Å²) in [5.74, 6) is -0.410. The fourth-order valence-electron chi connectivity index (χ4n) is 2.80. The number of amides is 2. The van der Waals surface area contributed by atoms with Crippen LogP contribution >= 0.6 is 0 Å². The van der Waals surface area contributed by atoms with Gasteiger partial charge in [-0.15, -0.1) is 0 Å². The third-order valence-electron chi connectivity index (χ3n) is 4.18. The number of nitrogens with zero attached hydrogens (tertiary/aromatic N) is 2. The van der Waals surface area contributed by atoms with Gasteiger partial charge in [0.2, 0.25) is 0 Å². The lowest BCUT2D eigenvalue weighted by Gasteiger charge is -2.33. The third-order valence-corrected chi connectivity index (χ3v) is 4.18. The first-order valence-electron chi connectivity index (χ1n) is 8.24. The maximum Gasteiger partial charge on any atom is 0.409 e. The van der Waals surface area contributed by atoms with Crippen molar-refractivity contribution >= 4 is 12.0 Å². The molecule has 0 bridgehead atoms. The molecule has 1 N–H and O–H groups in total. The minimum atomic E-state index is -0.340. The van der Waals surface area contributed by atoms with Crippen molar-refractivity contribution in [2.24, 2.45) is 0 Å². The molecular formula is C18H20FN3O3. The van der Waals surface area contributed by atoms with E-state index in [9.17, 15) is 14.0 Å². The Hall–Kier alpha value is -2.83. The molecule has 0 saturated carbocycles. The normalized spacial score (nSPS) is 14.5. The van der Waals surface area contributed by atoms with Crippen LogP contribution in [0, 0.1) is 5.82 Å². The van der Waals surface area contributed by atoms with Gasteiger partial charge in [-0.25, -0.2) is 9.18 Å². The molecule has 2 amide bonds. The van der Waals surface area contributed by atoms with E-state index in [1.54, 1.807) is 41.1 Å². The fraction of sp³-hybridized carbons (Fsp3) is 0.333. The second-order valence-corrected chi connectivity index (χ2v) is 5.79. The van der Waals surface area contributed by atoms with Crippen molar-refractivity contribution in [1.82, 2.24) is 14.8 Å². The Labute approximate surface area is 145 Å². The summed E-state index contributed by atoms with van der Waals surface area (Å²) in [5, 5.41) is 0. The molecule has 3 rings (SSSR count).